The minimum absolute atomic E-state index is 0.993. The van der Waals surface area contributed by atoms with E-state index in [4.69, 9.17) is 0 Å². The molecule has 0 bridgehead atoms. The number of aromatic amines is 1. The molecule has 1 aromatic carbocycles. The SMILES string of the molecule is c1ccc(-c2cccc3c[nH]c(-c4ccn5ccccc45)c23)nc1. The van der Waals surface area contributed by atoms with Gasteiger partial charge in [-0.15, -0.1) is 0 Å². The number of rotatable bonds is 2. The van der Waals surface area contributed by atoms with Crippen LogP contribution in [0.1, 0.15) is 0 Å². The van der Waals surface area contributed by atoms with E-state index in [9.17, 15) is 0 Å². The molecule has 114 valence electrons. The molecule has 0 amide bonds. The number of hydrogen-bond donors (Lipinski definition) is 1. The smallest absolute Gasteiger partial charge is 0.0708 e. The maximum Gasteiger partial charge on any atom is 0.0708 e. The fourth-order valence-electron chi connectivity index (χ4n) is 3.41. The zero-order valence-corrected chi connectivity index (χ0v) is 13.0. The third-order valence-corrected chi connectivity index (χ3v) is 4.50. The Labute approximate surface area is 139 Å². The number of benzene rings is 1. The summed E-state index contributed by atoms with van der Waals surface area (Å²) in [5.41, 5.74) is 5.68. The molecule has 0 spiro atoms. The molecule has 0 saturated heterocycles. The molecule has 5 rings (SSSR count). The van der Waals surface area contributed by atoms with Crippen molar-refractivity contribution in [2.45, 2.75) is 0 Å². The maximum atomic E-state index is 4.54. The van der Waals surface area contributed by atoms with Crippen molar-refractivity contribution in [2.75, 3.05) is 0 Å². The maximum absolute atomic E-state index is 4.54. The van der Waals surface area contributed by atoms with Gasteiger partial charge in [-0.25, -0.2) is 0 Å². The second kappa shape index (κ2) is 5.10. The Morgan fingerprint density at radius 2 is 1.75 bits per heavy atom. The van der Waals surface area contributed by atoms with Gasteiger partial charge in [0.15, 0.2) is 0 Å². The molecule has 0 aliphatic heterocycles. The Morgan fingerprint density at radius 3 is 2.67 bits per heavy atom. The molecular weight excluding hydrogens is 294 g/mol. The number of fused-ring (bicyclic) bond motifs is 2. The van der Waals surface area contributed by atoms with Crippen molar-refractivity contribution < 1.29 is 0 Å². The van der Waals surface area contributed by atoms with Crippen molar-refractivity contribution in [2.24, 2.45) is 0 Å². The number of pyridine rings is 2. The molecule has 3 heteroatoms. The van der Waals surface area contributed by atoms with Gasteiger partial charge in [-0.2, -0.15) is 0 Å². The van der Waals surface area contributed by atoms with Crippen LogP contribution in [-0.2, 0) is 0 Å². The van der Waals surface area contributed by atoms with Crippen LogP contribution in [0.4, 0.5) is 0 Å². The molecular formula is C21H15N3. The lowest BCUT2D eigenvalue weighted by molar-refractivity contribution is 1.20. The molecule has 24 heavy (non-hydrogen) atoms. The average molecular weight is 309 g/mol. The summed E-state index contributed by atoms with van der Waals surface area (Å²) in [6, 6.07) is 20.8. The van der Waals surface area contributed by atoms with Gasteiger partial charge in [0, 0.05) is 46.7 Å². The van der Waals surface area contributed by atoms with Crippen LogP contribution < -0.4 is 0 Å². The number of H-pyrrole nitrogens is 1. The molecule has 4 heterocycles. The third kappa shape index (κ3) is 1.88. The molecule has 0 radical (unpaired) electrons. The minimum Gasteiger partial charge on any atom is -0.360 e. The Bertz CT molecular complexity index is 1150. The molecule has 5 aromatic rings. The Kier molecular flexibility index (Phi) is 2.79. The number of aromatic nitrogens is 3. The summed E-state index contributed by atoms with van der Waals surface area (Å²) in [4.78, 5) is 8.02. The van der Waals surface area contributed by atoms with Crippen LogP contribution in [0, 0.1) is 0 Å². The molecule has 0 atom stereocenters. The fourth-order valence-corrected chi connectivity index (χ4v) is 3.41. The highest BCUT2D eigenvalue weighted by Gasteiger charge is 2.14. The van der Waals surface area contributed by atoms with E-state index < -0.39 is 0 Å². The van der Waals surface area contributed by atoms with Crippen LogP contribution in [0.3, 0.4) is 0 Å². The van der Waals surface area contributed by atoms with E-state index in [0.29, 0.717) is 0 Å². The highest BCUT2D eigenvalue weighted by Crippen LogP contribution is 2.37. The van der Waals surface area contributed by atoms with Gasteiger partial charge in [-0.1, -0.05) is 30.3 Å². The van der Waals surface area contributed by atoms with E-state index in [1.165, 1.54) is 21.9 Å². The van der Waals surface area contributed by atoms with Crippen LogP contribution >= 0.6 is 0 Å². The molecule has 0 aliphatic carbocycles. The topological polar surface area (TPSA) is 33.1 Å². The first-order valence-corrected chi connectivity index (χ1v) is 7.99. The Hall–Kier alpha value is -3.33. The van der Waals surface area contributed by atoms with Gasteiger partial charge in [0.2, 0.25) is 0 Å². The van der Waals surface area contributed by atoms with Gasteiger partial charge in [-0.3, -0.25) is 4.98 Å². The van der Waals surface area contributed by atoms with Crippen molar-refractivity contribution in [3.05, 3.63) is 85.5 Å². The normalized spacial score (nSPS) is 11.3. The Morgan fingerprint density at radius 1 is 0.792 bits per heavy atom. The Balaban J connectivity index is 1.85. The molecule has 1 N–H and O–H groups in total. The van der Waals surface area contributed by atoms with Crippen molar-refractivity contribution >= 4 is 16.3 Å². The lowest BCUT2D eigenvalue weighted by atomic mass is 10.0. The monoisotopic (exact) mass is 309 g/mol. The standard InChI is InChI=1S/C21H15N3/c1-3-11-22-18(8-1)16-7-5-6-15-14-23-21(20(15)16)17-10-13-24-12-4-2-9-19(17)24/h1-14,23H. The minimum atomic E-state index is 0.993. The predicted molar refractivity (Wildman–Crippen MR) is 97.9 cm³/mol. The lowest BCUT2D eigenvalue weighted by Crippen LogP contribution is -1.86. The first-order valence-electron chi connectivity index (χ1n) is 7.99. The first kappa shape index (κ1) is 13.1. The second-order valence-electron chi connectivity index (χ2n) is 5.87. The number of nitrogens with zero attached hydrogens (tertiary/aromatic N) is 2. The number of nitrogens with one attached hydrogen (secondary N) is 1. The van der Waals surface area contributed by atoms with Crippen molar-refractivity contribution in [3.63, 3.8) is 0 Å². The molecule has 0 saturated carbocycles. The van der Waals surface area contributed by atoms with Crippen LogP contribution in [0.15, 0.2) is 85.5 Å². The molecule has 0 aliphatic rings. The van der Waals surface area contributed by atoms with Crippen molar-refractivity contribution in [1.82, 2.24) is 14.4 Å². The van der Waals surface area contributed by atoms with E-state index in [2.05, 4.69) is 75.4 Å². The summed E-state index contributed by atoms with van der Waals surface area (Å²) in [5, 5.41) is 2.41. The lowest BCUT2D eigenvalue weighted by Gasteiger charge is -2.06. The zero-order chi connectivity index (χ0) is 15.9. The first-order chi connectivity index (χ1) is 11.9. The highest BCUT2D eigenvalue weighted by molar-refractivity contribution is 6.07. The van der Waals surface area contributed by atoms with Crippen LogP contribution in [-0.4, -0.2) is 14.4 Å². The van der Waals surface area contributed by atoms with Crippen molar-refractivity contribution in [1.29, 1.82) is 0 Å². The van der Waals surface area contributed by atoms with Gasteiger partial charge in [-0.05, 0) is 30.3 Å². The molecule has 4 aromatic heterocycles. The van der Waals surface area contributed by atoms with Gasteiger partial charge in [0.25, 0.3) is 0 Å². The van der Waals surface area contributed by atoms with E-state index >= 15 is 0 Å². The summed E-state index contributed by atoms with van der Waals surface area (Å²) >= 11 is 0. The summed E-state index contributed by atoms with van der Waals surface area (Å²) in [7, 11) is 0. The summed E-state index contributed by atoms with van der Waals surface area (Å²) in [6.07, 6.45) is 8.09. The quantitative estimate of drug-likeness (QED) is 0.480. The van der Waals surface area contributed by atoms with Gasteiger partial charge < -0.3 is 9.38 Å². The predicted octanol–water partition coefficient (Wildman–Crippen LogP) is 5.15. The molecule has 3 nitrogen and oxygen atoms in total. The fraction of sp³-hybridized carbons (Fsp3) is 0. The summed E-state index contributed by atoms with van der Waals surface area (Å²) < 4.78 is 2.14. The number of hydrogen-bond acceptors (Lipinski definition) is 1. The van der Waals surface area contributed by atoms with Gasteiger partial charge in [0.05, 0.1) is 16.9 Å². The van der Waals surface area contributed by atoms with E-state index in [1.54, 1.807) is 0 Å². The van der Waals surface area contributed by atoms with Crippen LogP contribution in [0.2, 0.25) is 0 Å². The van der Waals surface area contributed by atoms with Gasteiger partial charge in [0.1, 0.15) is 0 Å². The van der Waals surface area contributed by atoms with Crippen LogP contribution in [0.5, 0.6) is 0 Å². The average Bonchev–Trinajstić information content (AvgIpc) is 3.26. The van der Waals surface area contributed by atoms with E-state index in [-0.39, 0.29) is 0 Å². The van der Waals surface area contributed by atoms with E-state index in [1.807, 2.05) is 24.4 Å². The molecule has 0 fully saturated rings. The molecule has 0 unspecified atom stereocenters. The van der Waals surface area contributed by atoms with Crippen LogP contribution in [0.25, 0.3) is 38.8 Å². The summed E-state index contributed by atoms with van der Waals surface area (Å²) in [6.45, 7) is 0. The highest BCUT2D eigenvalue weighted by atomic mass is 14.9. The van der Waals surface area contributed by atoms with Crippen molar-refractivity contribution in [3.8, 4) is 22.5 Å². The van der Waals surface area contributed by atoms with Gasteiger partial charge >= 0.3 is 0 Å². The largest absolute Gasteiger partial charge is 0.360 e. The van der Waals surface area contributed by atoms with E-state index in [0.717, 1.165) is 17.0 Å². The third-order valence-electron chi connectivity index (χ3n) is 4.50. The second-order valence-corrected chi connectivity index (χ2v) is 5.87. The zero-order valence-electron chi connectivity index (χ0n) is 13.0. The summed E-state index contributed by atoms with van der Waals surface area (Å²) in [5.74, 6) is 0.